The predicted octanol–water partition coefficient (Wildman–Crippen LogP) is 2.92. The second-order valence-electron chi connectivity index (χ2n) is 4.84. The van der Waals surface area contributed by atoms with Gasteiger partial charge in [-0.05, 0) is 12.1 Å². The van der Waals surface area contributed by atoms with Gasteiger partial charge < -0.3 is 10.5 Å². The van der Waals surface area contributed by atoms with Gasteiger partial charge >= 0.3 is 0 Å². The molecule has 0 aromatic heterocycles. The lowest BCUT2D eigenvalue weighted by atomic mass is 10.0. The molecule has 106 valence electrons. The first-order valence-corrected chi connectivity index (χ1v) is 6.74. The Morgan fingerprint density at radius 2 is 1.95 bits per heavy atom. The SMILES string of the molecule is C=CCN1C(=O)C(c2ccccc2)Oc2cccc(N)c21. The summed E-state index contributed by atoms with van der Waals surface area (Å²) >= 11 is 0. The van der Waals surface area contributed by atoms with Crippen LogP contribution in [0.15, 0.2) is 61.2 Å². The third-order valence-electron chi connectivity index (χ3n) is 3.45. The lowest BCUT2D eigenvalue weighted by Crippen LogP contribution is -2.41. The van der Waals surface area contributed by atoms with Gasteiger partial charge in [0.1, 0.15) is 11.4 Å². The highest BCUT2D eigenvalue weighted by Gasteiger charge is 2.35. The fourth-order valence-electron chi connectivity index (χ4n) is 2.50. The lowest BCUT2D eigenvalue weighted by Gasteiger charge is -2.34. The van der Waals surface area contributed by atoms with E-state index < -0.39 is 6.10 Å². The number of amides is 1. The summed E-state index contributed by atoms with van der Waals surface area (Å²) in [6.07, 6.45) is 1.03. The number of carbonyl (C=O) groups is 1. The van der Waals surface area contributed by atoms with Crippen molar-refractivity contribution in [3.63, 3.8) is 0 Å². The highest BCUT2D eigenvalue weighted by Crippen LogP contribution is 2.42. The minimum Gasteiger partial charge on any atom is -0.474 e. The molecule has 4 nitrogen and oxygen atoms in total. The number of rotatable bonds is 3. The van der Waals surface area contributed by atoms with Crippen molar-refractivity contribution in [3.05, 3.63) is 66.7 Å². The Hall–Kier alpha value is -2.75. The van der Waals surface area contributed by atoms with Gasteiger partial charge in [-0.15, -0.1) is 6.58 Å². The molecule has 3 rings (SSSR count). The fraction of sp³-hybridized carbons (Fsp3) is 0.118. The number of nitrogens with two attached hydrogens (primary N) is 1. The summed E-state index contributed by atoms with van der Waals surface area (Å²) in [7, 11) is 0. The van der Waals surface area contributed by atoms with Crippen LogP contribution in [0.4, 0.5) is 11.4 Å². The molecule has 21 heavy (non-hydrogen) atoms. The minimum absolute atomic E-state index is 0.133. The first-order chi connectivity index (χ1) is 10.2. The smallest absolute Gasteiger partial charge is 0.273 e. The number of nitrogens with zero attached hydrogens (tertiary/aromatic N) is 1. The van der Waals surface area contributed by atoms with Crippen LogP contribution in [0.3, 0.4) is 0 Å². The Labute approximate surface area is 123 Å². The van der Waals surface area contributed by atoms with Crippen LogP contribution in [0.2, 0.25) is 0 Å². The largest absolute Gasteiger partial charge is 0.474 e. The molecule has 2 aromatic rings. The van der Waals surface area contributed by atoms with E-state index in [4.69, 9.17) is 10.5 Å². The Morgan fingerprint density at radius 3 is 2.67 bits per heavy atom. The summed E-state index contributed by atoms with van der Waals surface area (Å²) in [6.45, 7) is 4.11. The number of anilines is 2. The van der Waals surface area contributed by atoms with Crippen molar-refractivity contribution >= 4 is 17.3 Å². The van der Waals surface area contributed by atoms with Crippen LogP contribution in [0, 0.1) is 0 Å². The molecule has 0 fully saturated rings. The molecule has 2 aromatic carbocycles. The number of carbonyl (C=O) groups excluding carboxylic acids is 1. The number of hydrogen-bond donors (Lipinski definition) is 1. The molecule has 2 N–H and O–H groups in total. The topological polar surface area (TPSA) is 55.6 Å². The molecule has 1 heterocycles. The van der Waals surface area contributed by atoms with Gasteiger partial charge in [-0.1, -0.05) is 42.5 Å². The number of fused-ring (bicyclic) bond motifs is 1. The summed E-state index contributed by atoms with van der Waals surface area (Å²) in [6, 6.07) is 14.8. The molecule has 1 unspecified atom stereocenters. The highest BCUT2D eigenvalue weighted by molar-refractivity contribution is 6.03. The first-order valence-electron chi connectivity index (χ1n) is 6.74. The van der Waals surface area contributed by atoms with Gasteiger partial charge in [-0.3, -0.25) is 9.69 Å². The molecule has 1 aliphatic rings. The van der Waals surface area contributed by atoms with Crippen LogP contribution >= 0.6 is 0 Å². The molecule has 0 spiro atoms. The molecule has 0 saturated heterocycles. The Morgan fingerprint density at radius 1 is 1.19 bits per heavy atom. The number of benzene rings is 2. The van der Waals surface area contributed by atoms with Gasteiger partial charge in [0.15, 0.2) is 0 Å². The molecule has 0 aliphatic carbocycles. The predicted molar refractivity (Wildman–Crippen MR) is 83.2 cm³/mol. The summed E-state index contributed by atoms with van der Waals surface area (Å²) < 4.78 is 5.88. The normalized spacial score (nSPS) is 17.0. The maximum atomic E-state index is 12.7. The molecular weight excluding hydrogens is 264 g/mol. The maximum Gasteiger partial charge on any atom is 0.273 e. The lowest BCUT2D eigenvalue weighted by molar-refractivity contribution is -0.126. The van der Waals surface area contributed by atoms with Gasteiger partial charge in [0.05, 0.1) is 5.69 Å². The van der Waals surface area contributed by atoms with E-state index in [2.05, 4.69) is 6.58 Å². The minimum atomic E-state index is -0.652. The Bertz CT molecular complexity index is 682. The van der Waals surface area contributed by atoms with Crippen molar-refractivity contribution in [3.8, 4) is 5.75 Å². The monoisotopic (exact) mass is 280 g/mol. The standard InChI is InChI=1S/C17H16N2O2/c1-2-11-19-15-13(18)9-6-10-14(15)21-16(17(19)20)12-7-4-3-5-8-12/h2-10,16H,1,11,18H2. The molecule has 4 heteroatoms. The Kier molecular flexibility index (Phi) is 3.36. The first kappa shape index (κ1) is 13.2. The van der Waals surface area contributed by atoms with Crippen LogP contribution in [-0.4, -0.2) is 12.5 Å². The number of para-hydroxylation sites is 1. The number of nitrogen functional groups attached to an aromatic ring is 1. The second kappa shape index (κ2) is 5.32. The van der Waals surface area contributed by atoms with Crippen molar-refractivity contribution in [1.82, 2.24) is 0 Å². The summed E-state index contributed by atoms with van der Waals surface area (Å²) in [5, 5.41) is 0. The summed E-state index contributed by atoms with van der Waals surface area (Å²) in [5.74, 6) is 0.483. The van der Waals surface area contributed by atoms with Crippen LogP contribution in [0.5, 0.6) is 5.75 Å². The van der Waals surface area contributed by atoms with E-state index in [9.17, 15) is 4.79 Å². The van der Waals surface area contributed by atoms with Crippen molar-refractivity contribution < 1.29 is 9.53 Å². The van der Waals surface area contributed by atoms with Crippen molar-refractivity contribution in [1.29, 1.82) is 0 Å². The van der Waals surface area contributed by atoms with Gasteiger partial charge in [0, 0.05) is 12.1 Å². The van der Waals surface area contributed by atoms with Gasteiger partial charge in [0.2, 0.25) is 6.10 Å². The zero-order valence-electron chi connectivity index (χ0n) is 11.5. The zero-order chi connectivity index (χ0) is 14.8. The third kappa shape index (κ3) is 2.25. The third-order valence-corrected chi connectivity index (χ3v) is 3.45. The van der Waals surface area contributed by atoms with E-state index >= 15 is 0 Å². The van der Waals surface area contributed by atoms with Crippen molar-refractivity contribution in [2.45, 2.75) is 6.10 Å². The van der Waals surface area contributed by atoms with E-state index in [1.165, 1.54) is 0 Å². The highest BCUT2D eigenvalue weighted by atomic mass is 16.5. The molecule has 1 atom stereocenters. The van der Waals surface area contributed by atoms with E-state index in [0.29, 0.717) is 23.7 Å². The van der Waals surface area contributed by atoms with Crippen molar-refractivity contribution in [2.75, 3.05) is 17.2 Å². The average molecular weight is 280 g/mol. The second-order valence-corrected chi connectivity index (χ2v) is 4.84. The molecule has 0 radical (unpaired) electrons. The number of ether oxygens (including phenoxy) is 1. The Balaban J connectivity index is 2.09. The van der Waals surface area contributed by atoms with Crippen LogP contribution in [-0.2, 0) is 4.79 Å². The molecule has 0 saturated carbocycles. The van der Waals surface area contributed by atoms with E-state index in [0.717, 1.165) is 5.56 Å². The summed E-state index contributed by atoms with van der Waals surface area (Å²) in [5.41, 5.74) is 7.97. The van der Waals surface area contributed by atoms with Crippen LogP contribution in [0.1, 0.15) is 11.7 Å². The molecule has 1 amide bonds. The summed E-state index contributed by atoms with van der Waals surface area (Å²) in [4.78, 5) is 14.4. The average Bonchev–Trinajstić information content (AvgIpc) is 2.51. The van der Waals surface area contributed by atoms with Crippen molar-refractivity contribution in [2.24, 2.45) is 0 Å². The molecule has 0 bridgehead atoms. The zero-order valence-corrected chi connectivity index (χ0v) is 11.5. The van der Waals surface area contributed by atoms with Crippen LogP contribution in [0.25, 0.3) is 0 Å². The quantitative estimate of drug-likeness (QED) is 0.694. The maximum absolute atomic E-state index is 12.7. The number of hydrogen-bond acceptors (Lipinski definition) is 3. The van der Waals surface area contributed by atoms with E-state index in [1.807, 2.05) is 42.5 Å². The van der Waals surface area contributed by atoms with Gasteiger partial charge in [-0.2, -0.15) is 0 Å². The van der Waals surface area contributed by atoms with Gasteiger partial charge in [0.25, 0.3) is 5.91 Å². The fourth-order valence-corrected chi connectivity index (χ4v) is 2.50. The van der Waals surface area contributed by atoms with Crippen LogP contribution < -0.4 is 15.4 Å². The van der Waals surface area contributed by atoms with Gasteiger partial charge in [-0.25, -0.2) is 0 Å². The van der Waals surface area contributed by atoms with E-state index in [-0.39, 0.29) is 5.91 Å². The molecule has 1 aliphatic heterocycles. The van der Waals surface area contributed by atoms with E-state index in [1.54, 1.807) is 17.0 Å². The molecular formula is C17H16N2O2.